The second-order valence-electron chi connectivity index (χ2n) is 6.01. The average molecular weight is 342 g/mol. The second kappa shape index (κ2) is 7.54. The summed E-state index contributed by atoms with van der Waals surface area (Å²) in [6.07, 6.45) is 5.01. The Morgan fingerprint density at radius 2 is 2.17 bits per heavy atom. The van der Waals surface area contributed by atoms with E-state index in [-0.39, 0.29) is 11.9 Å². The van der Waals surface area contributed by atoms with Gasteiger partial charge in [-0.1, -0.05) is 41.9 Å². The van der Waals surface area contributed by atoms with E-state index in [1.165, 1.54) is 17.2 Å². The molecule has 0 aliphatic carbocycles. The van der Waals surface area contributed by atoms with Crippen molar-refractivity contribution in [3.8, 4) is 5.75 Å². The van der Waals surface area contributed by atoms with Gasteiger partial charge in [-0.05, 0) is 48.2 Å². The minimum Gasteiger partial charge on any atom is -0.493 e. The predicted octanol–water partition coefficient (Wildman–Crippen LogP) is 4.04. The van der Waals surface area contributed by atoms with E-state index in [1.54, 1.807) is 12.1 Å². The molecule has 0 saturated heterocycles. The highest BCUT2D eigenvalue weighted by atomic mass is 35.5. The molecule has 1 heterocycles. The monoisotopic (exact) mass is 341 g/mol. The van der Waals surface area contributed by atoms with Gasteiger partial charge in [-0.15, -0.1) is 0 Å². The summed E-state index contributed by atoms with van der Waals surface area (Å²) in [4.78, 5) is 12.1. The van der Waals surface area contributed by atoms with Crippen LogP contribution in [0.1, 0.15) is 23.6 Å². The molecular formula is C20H20ClNO2. The van der Waals surface area contributed by atoms with E-state index in [4.69, 9.17) is 16.3 Å². The Morgan fingerprint density at radius 3 is 3.00 bits per heavy atom. The van der Waals surface area contributed by atoms with Gasteiger partial charge in [-0.3, -0.25) is 4.79 Å². The molecule has 0 saturated carbocycles. The number of carbonyl (C=O) groups excluding carboxylic acids is 1. The van der Waals surface area contributed by atoms with Gasteiger partial charge in [0.25, 0.3) is 0 Å². The summed E-state index contributed by atoms with van der Waals surface area (Å²) in [5.74, 6) is 0.866. The minimum absolute atomic E-state index is 0.0498. The van der Waals surface area contributed by atoms with E-state index in [0.29, 0.717) is 5.02 Å². The number of halogens is 1. The Kier molecular flexibility index (Phi) is 5.21. The molecule has 0 radical (unpaired) electrons. The van der Waals surface area contributed by atoms with Crippen LogP contribution in [0.15, 0.2) is 48.5 Å². The van der Waals surface area contributed by atoms with Crippen LogP contribution in [0.2, 0.25) is 5.02 Å². The maximum atomic E-state index is 12.1. The third-order valence-corrected chi connectivity index (χ3v) is 4.35. The largest absolute Gasteiger partial charge is 0.493 e. The molecule has 0 bridgehead atoms. The molecule has 4 heteroatoms. The molecule has 1 aliphatic heterocycles. The molecule has 0 spiro atoms. The summed E-state index contributed by atoms with van der Waals surface area (Å²) in [6.45, 7) is 2.77. The van der Waals surface area contributed by atoms with Gasteiger partial charge in [-0.2, -0.15) is 0 Å². The first kappa shape index (κ1) is 16.6. The van der Waals surface area contributed by atoms with Gasteiger partial charge in [0, 0.05) is 23.6 Å². The van der Waals surface area contributed by atoms with Crippen molar-refractivity contribution in [3.05, 3.63) is 70.3 Å². The summed E-state index contributed by atoms with van der Waals surface area (Å²) < 4.78 is 5.52. The van der Waals surface area contributed by atoms with Crippen molar-refractivity contribution in [2.24, 2.45) is 0 Å². The van der Waals surface area contributed by atoms with Gasteiger partial charge >= 0.3 is 0 Å². The van der Waals surface area contributed by atoms with E-state index < -0.39 is 0 Å². The summed E-state index contributed by atoms with van der Waals surface area (Å²) in [5, 5.41) is 3.62. The fourth-order valence-electron chi connectivity index (χ4n) is 2.84. The first-order valence-electron chi connectivity index (χ1n) is 8.09. The first-order chi connectivity index (χ1) is 11.6. The van der Waals surface area contributed by atoms with E-state index >= 15 is 0 Å². The second-order valence-corrected chi connectivity index (χ2v) is 6.42. The van der Waals surface area contributed by atoms with Crippen molar-refractivity contribution >= 4 is 23.6 Å². The van der Waals surface area contributed by atoms with Gasteiger partial charge in [0.05, 0.1) is 6.61 Å². The molecule has 1 atom stereocenters. The van der Waals surface area contributed by atoms with Gasteiger partial charge in [0.2, 0.25) is 5.91 Å². The van der Waals surface area contributed by atoms with E-state index in [9.17, 15) is 4.79 Å². The molecule has 2 aromatic rings. The number of nitrogens with one attached hydrogen (secondary N) is 1. The van der Waals surface area contributed by atoms with Gasteiger partial charge in [-0.25, -0.2) is 0 Å². The fourth-order valence-corrected chi connectivity index (χ4v) is 3.04. The lowest BCUT2D eigenvalue weighted by atomic mass is 10.0. The Morgan fingerprint density at radius 1 is 1.33 bits per heavy atom. The van der Waals surface area contributed by atoms with Crippen LogP contribution < -0.4 is 10.1 Å². The maximum Gasteiger partial charge on any atom is 0.244 e. The number of carbonyl (C=O) groups is 1. The smallest absolute Gasteiger partial charge is 0.244 e. The summed E-state index contributed by atoms with van der Waals surface area (Å²) in [7, 11) is 0. The highest BCUT2D eigenvalue weighted by Crippen LogP contribution is 2.26. The zero-order valence-electron chi connectivity index (χ0n) is 13.6. The summed E-state index contributed by atoms with van der Waals surface area (Å²) >= 11 is 6.07. The molecule has 0 aromatic heterocycles. The molecule has 1 unspecified atom stereocenters. The van der Waals surface area contributed by atoms with Crippen LogP contribution >= 0.6 is 11.6 Å². The van der Waals surface area contributed by atoms with Crippen LogP contribution in [0.5, 0.6) is 5.75 Å². The topological polar surface area (TPSA) is 38.3 Å². The highest BCUT2D eigenvalue weighted by molar-refractivity contribution is 6.32. The number of rotatable bonds is 5. The normalized spacial score (nSPS) is 14.2. The molecule has 3 nitrogen and oxygen atoms in total. The van der Waals surface area contributed by atoms with E-state index in [0.717, 1.165) is 30.8 Å². The van der Waals surface area contributed by atoms with Gasteiger partial charge < -0.3 is 10.1 Å². The van der Waals surface area contributed by atoms with Gasteiger partial charge in [0.1, 0.15) is 5.75 Å². The maximum absolute atomic E-state index is 12.1. The Balaban J connectivity index is 1.55. The molecule has 3 rings (SSSR count). The van der Waals surface area contributed by atoms with Crippen LogP contribution in [-0.4, -0.2) is 18.6 Å². The number of fused-ring (bicyclic) bond motifs is 1. The summed E-state index contributed by atoms with van der Waals surface area (Å²) in [5.41, 5.74) is 3.30. The fraction of sp³-hybridized carbons (Fsp3) is 0.250. The third-order valence-electron chi connectivity index (χ3n) is 4.00. The minimum atomic E-state index is -0.119. The molecule has 2 aromatic carbocycles. The predicted molar refractivity (Wildman–Crippen MR) is 97.4 cm³/mol. The zero-order chi connectivity index (χ0) is 16.9. The van der Waals surface area contributed by atoms with Crippen LogP contribution in [0, 0.1) is 0 Å². The lowest BCUT2D eigenvalue weighted by Crippen LogP contribution is -2.32. The molecular weight excluding hydrogens is 322 g/mol. The lowest BCUT2D eigenvalue weighted by molar-refractivity contribution is -0.117. The lowest BCUT2D eigenvalue weighted by Gasteiger charge is -2.13. The quantitative estimate of drug-likeness (QED) is 0.834. The molecule has 124 valence electrons. The highest BCUT2D eigenvalue weighted by Gasteiger charge is 2.13. The van der Waals surface area contributed by atoms with Crippen molar-refractivity contribution < 1.29 is 9.53 Å². The molecule has 1 amide bonds. The van der Waals surface area contributed by atoms with Crippen molar-refractivity contribution in [2.75, 3.05) is 6.61 Å². The van der Waals surface area contributed by atoms with Crippen LogP contribution in [0.3, 0.4) is 0 Å². The number of ether oxygens (including phenoxy) is 1. The number of benzene rings is 2. The Hall–Kier alpha value is -2.26. The van der Waals surface area contributed by atoms with Crippen molar-refractivity contribution in [3.63, 3.8) is 0 Å². The Labute approximate surface area is 147 Å². The van der Waals surface area contributed by atoms with Gasteiger partial charge in [0.15, 0.2) is 0 Å². The third kappa shape index (κ3) is 4.18. The van der Waals surface area contributed by atoms with E-state index in [1.807, 2.05) is 31.2 Å². The molecule has 1 N–H and O–H groups in total. The molecule has 1 aliphatic rings. The number of hydrogen-bond donors (Lipinski definition) is 1. The van der Waals surface area contributed by atoms with Crippen LogP contribution in [0.4, 0.5) is 0 Å². The zero-order valence-corrected chi connectivity index (χ0v) is 14.3. The van der Waals surface area contributed by atoms with E-state index in [2.05, 4.69) is 17.4 Å². The van der Waals surface area contributed by atoms with Crippen molar-refractivity contribution in [1.82, 2.24) is 5.32 Å². The number of amides is 1. The number of hydrogen-bond acceptors (Lipinski definition) is 2. The first-order valence-corrected chi connectivity index (χ1v) is 8.47. The van der Waals surface area contributed by atoms with Crippen molar-refractivity contribution in [1.29, 1.82) is 0 Å². The Bertz CT molecular complexity index is 770. The average Bonchev–Trinajstić information content (AvgIpc) is 3.01. The van der Waals surface area contributed by atoms with Crippen molar-refractivity contribution in [2.45, 2.75) is 25.8 Å². The standard InChI is InChI=1S/C20H20ClNO2/c1-14(12-15-6-8-19-17(13-15)10-11-24-19)22-20(23)9-7-16-4-2-3-5-18(16)21/h2-9,13-14H,10-12H2,1H3,(H,22,23)/b9-7+. The SMILES string of the molecule is CC(Cc1ccc2c(c1)CCO2)NC(=O)/C=C/c1ccccc1Cl. The molecule has 24 heavy (non-hydrogen) atoms. The summed E-state index contributed by atoms with van der Waals surface area (Å²) in [6, 6.07) is 13.7. The van der Waals surface area contributed by atoms with Crippen LogP contribution in [-0.2, 0) is 17.6 Å². The van der Waals surface area contributed by atoms with Crippen LogP contribution in [0.25, 0.3) is 6.08 Å². The molecule has 0 fully saturated rings.